The van der Waals surface area contributed by atoms with Crippen molar-refractivity contribution in [2.75, 3.05) is 37.8 Å². The molecule has 0 spiro atoms. The molecule has 0 bridgehead atoms. The summed E-state index contributed by atoms with van der Waals surface area (Å²) in [5, 5.41) is 12.9. The Hall–Kier alpha value is -3.63. The quantitative estimate of drug-likeness (QED) is 0.447. The van der Waals surface area contributed by atoms with Crippen molar-refractivity contribution in [2.45, 2.75) is 12.6 Å². The number of nitrogens with zero attached hydrogens (tertiary/aromatic N) is 4. The standard InChI is InChI=1S/C23H25N5O5/c1-26-20-19(21(30)25-23(26)31)28(22(24-20)27-9-11-32-12-10-27)13-16(29)14-33-18-8-4-6-15-5-2-3-7-17(15)18/h2-8,16,29H,9-14H2,1H3,(H,25,30,31). The number of benzene rings is 2. The summed E-state index contributed by atoms with van der Waals surface area (Å²) in [7, 11) is 1.56. The van der Waals surface area contributed by atoms with Crippen LogP contribution in [0.2, 0.25) is 0 Å². The molecule has 0 radical (unpaired) electrons. The molecule has 2 aromatic carbocycles. The molecule has 0 amide bonds. The van der Waals surface area contributed by atoms with Gasteiger partial charge in [-0.05, 0) is 11.5 Å². The average molecular weight is 451 g/mol. The molecule has 0 saturated carbocycles. The number of hydrogen-bond donors (Lipinski definition) is 2. The Morgan fingerprint density at radius 2 is 1.91 bits per heavy atom. The Balaban J connectivity index is 1.46. The average Bonchev–Trinajstić information content (AvgIpc) is 3.21. The van der Waals surface area contributed by atoms with Crippen LogP contribution < -0.4 is 20.9 Å². The predicted octanol–water partition coefficient (Wildman–Crippen LogP) is 0.853. The van der Waals surface area contributed by atoms with Crippen LogP contribution in [-0.4, -0.2) is 63.2 Å². The van der Waals surface area contributed by atoms with Crippen LogP contribution in [0.4, 0.5) is 5.95 Å². The van der Waals surface area contributed by atoms with Crippen molar-refractivity contribution >= 4 is 27.9 Å². The maximum atomic E-state index is 12.7. The van der Waals surface area contributed by atoms with E-state index in [1.54, 1.807) is 11.6 Å². The van der Waals surface area contributed by atoms with Gasteiger partial charge in [0.15, 0.2) is 11.2 Å². The van der Waals surface area contributed by atoms with Crippen LogP contribution in [0.25, 0.3) is 21.9 Å². The van der Waals surface area contributed by atoms with Gasteiger partial charge in [-0.1, -0.05) is 36.4 Å². The molecule has 1 aliphatic heterocycles. The van der Waals surface area contributed by atoms with E-state index in [0.717, 1.165) is 10.8 Å². The van der Waals surface area contributed by atoms with E-state index in [4.69, 9.17) is 9.47 Å². The van der Waals surface area contributed by atoms with Crippen LogP contribution in [0, 0.1) is 0 Å². The number of aromatic amines is 1. The summed E-state index contributed by atoms with van der Waals surface area (Å²) >= 11 is 0. The Bertz CT molecular complexity index is 1410. The number of hydrogen-bond acceptors (Lipinski definition) is 7. The third kappa shape index (κ3) is 3.98. The Kier molecular flexibility index (Phi) is 5.61. The maximum absolute atomic E-state index is 12.7. The number of rotatable bonds is 6. The Morgan fingerprint density at radius 3 is 2.73 bits per heavy atom. The van der Waals surface area contributed by atoms with Gasteiger partial charge >= 0.3 is 5.69 Å². The van der Waals surface area contributed by atoms with Crippen molar-refractivity contribution in [3.8, 4) is 5.75 Å². The highest BCUT2D eigenvalue weighted by Crippen LogP contribution is 2.26. The van der Waals surface area contributed by atoms with Crippen LogP contribution in [-0.2, 0) is 18.3 Å². The van der Waals surface area contributed by atoms with Gasteiger partial charge in [0.1, 0.15) is 18.5 Å². The molecular formula is C23H25N5O5. The van der Waals surface area contributed by atoms with Gasteiger partial charge in [0.25, 0.3) is 5.56 Å². The second-order valence-corrected chi connectivity index (χ2v) is 8.05. The molecule has 10 heteroatoms. The normalized spacial score (nSPS) is 15.3. The van der Waals surface area contributed by atoms with E-state index < -0.39 is 17.4 Å². The summed E-state index contributed by atoms with van der Waals surface area (Å²) in [6, 6.07) is 13.6. The van der Waals surface area contributed by atoms with Gasteiger partial charge in [-0.2, -0.15) is 4.98 Å². The fraction of sp³-hybridized carbons (Fsp3) is 0.348. The van der Waals surface area contributed by atoms with Crippen LogP contribution in [0.5, 0.6) is 5.75 Å². The molecule has 1 aliphatic rings. The molecule has 1 fully saturated rings. The summed E-state index contributed by atoms with van der Waals surface area (Å²) in [6.45, 7) is 2.36. The second-order valence-electron chi connectivity index (χ2n) is 8.05. The molecule has 172 valence electrons. The molecular weight excluding hydrogens is 426 g/mol. The third-order valence-electron chi connectivity index (χ3n) is 5.86. The third-order valence-corrected chi connectivity index (χ3v) is 5.86. The summed E-state index contributed by atoms with van der Waals surface area (Å²) in [6.07, 6.45) is -0.919. The zero-order valence-corrected chi connectivity index (χ0v) is 18.2. The first-order valence-electron chi connectivity index (χ1n) is 10.8. The fourth-order valence-corrected chi connectivity index (χ4v) is 4.17. The highest BCUT2D eigenvalue weighted by atomic mass is 16.5. The molecule has 3 heterocycles. The number of anilines is 1. The maximum Gasteiger partial charge on any atom is 0.329 e. The van der Waals surface area contributed by atoms with Crippen molar-refractivity contribution in [2.24, 2.45) is 7.05 Å². The number of aliphatic hydroxyl groups is 1. The van der Waals surface area contributed by atoms with E-state index in [0.29, 0.717) is 38.0 Å². The van der Waals surface area contributed by atoms with Crippen LogP contribution in [0.3, 0.4) is 0 Å². The highest BCUT2D eigenvalue weighted by Gasteiger charge is 2.24. The number of aliphatic hydroxyl groups excluding tert-OH is 1. The van der Waals surface area contributed by atoms with Crippen LogP contribution in [0.15, 0.2) is 52.1 Å². The van der Waals surface area contributed by atoms with Crippen molar-refractivity contribution < 1.29 is 14.6 Å². The number of morpholine rings is 1. The lowest BCUT2D eigenvalue weighted by atomic mass is 10.1. The molecule has 2 aromatic heterocycles. The SMILES string of the molecule is Cn1c(=O)[nH]c(=O)c2c1nc(N1CCOCC1)n2CC(O)COc1cccc2ccccc12. The predicted molar refractivity (Wildman–Crippen MR) is 124 cm³/mol. The highest BCUT2D eigenvalue weighted by molar-refractivity contribution is 5.88. The minimum absolute atomic E-state index is 0.0277. The molecule has 2 N–H and O–H groups in total. The largest absolute Gasteiger partial charge is 0.490 e. The fourth-order valence-electron chi connectivity index (χ4n) is 4.17. The van der Waals surface area contributed by atoms with Gasteiger partial charge in [-0.15, -0.1) is 0 Å². The molecule has 1 saturated heterocycles. The minimum atomic E-state index is -0.919. The summed E-state index contributed by atoms with van der Waals surface area (Å²) in [5.41, 5.74) is -0.567. The van der Waals surface area contributed by atoms with Crippen molar-refractivity contribution in [3.63, 3.8) is 0 Å². The Morgan fingerprint density at radius 1 is 1.15 bits per heavy atom. The van der Waals surface area contributed by atoms with Gasteiger partial charge in [-0.3, -0.25) is 14.3 Å². The lowest BCUT2D eigenvalue weighted by Crippen LogP contribution is -2.39. The van der Waals surface area contributed by atoms with Crippen molar-refractivity contribution in [3.05, 3.63) is 63.3 Å². The van der Waals surface area contributed by atoms with Gasteiger partial charge in [0.2, 0.25) is 5.95 Å². The first-order valence-corrected chi connectivity index (χ1v) is 10.8. The van der Waals surface area contributed by atoms with Gasteiger partial charge in [0, 0.05) is 25.5 Å². The molecule has 5 rings (SSSR count). The first kappa shape index (κ1) is 21.2. The van der Waals surface area contributed by atoms with Crippen molar-refractivity contribution in [1.29, 1.82) is 0 Å². The van der Waals surface area contributed by atoms with Gasteiger partial charge in [-0.25, -0.2) is 4.79 Å². The molecule has 1 unspecified atom stereocenters. The van der Waals surface area contributed by atoms with E-state index in [2.05, 4.69) is 9.97 Å². The van der Waals surface area contributed by atoms with E-state index in [-0.39, 0.29) is 24.3 Å². The van der Waals surface area contributed by atoms with E-state index in [1.165, 1.54) is 4.57 Å². The Labute approximate surface area is 188 Å². The smallest absolute Gasteiger partial charge is 0.329 e. The van der Waals surface area contributed by atoms with Gasteiger partial charge < -0.3 is 24.0 Å². The summed E-state index contributed by atoms with van der Waals surface area (Å²) < 4.78 is 14.3. The van der Waals surface area contributed by atoms with E-state index >= 15 is 0 Å². The number of imidazole rings is 1. The molecule has 0 aliphatic carbocycles. The summed E-state index contributed by atoms with van der Waals surface area (Å²) in [4.78, 5) is 33.7. The number of ether oxygens (including phenoxy) is 2. The number of fused-ring (bicyclic) bond motifs is 2. The lowest BCUT2D eigenvalue weighted by molar-refractivity contribution is 0.0934. The zero-order chi connectivity index (χ0) is 22.9. The van der Waals surface area contributed by atoms with Crippen molar-refractivity contribution in [1.82, 2.24) is 19.1 Å². The van der Waals surface area contributed by atoms with E-state index in [1.807, 2.05) is 47.4 Å². The number of aryl methyl sites for hydroxylation is 1. The number of nitrogens with one attached hydrogen (secondary N) is 1. The first-order chi connectivity index (χ1) is 16.0. The molecule has 1 atom stereocenters. The van der Waals surface area contributed by atoms with E-state index in [9.17, 15) is 14.7 Å². The van der Waals surface area contributed by atoms with Crippen LogP contribution in [0.1, 0.15) is 0 Å². The zero-order valence-electron chi connectivity index (χ0n) is 18.2. The lowest BCUT2D eigenvalue weighted by Gasteiger charge is -2.28. The topological polar surface area (TPSA) is 115 Å². The monoisotopic (exact) mass is 451 g/mol. The second kappa shape index (κ2) is 8.72. The van der Waals surface area contributed by atoms with Crippen LogP contribution >= 0.6 is 0 Å². The minimum Gasteiger partial charge on any atom is -0.490 e. The number of H-pyrrole nitrogens is 1. The molecule has 4 aromatic rings. The summed E-state index contributed by atoms with van der Waals surface area (Å²) in [5.74, 6) is 1.19. The number of aromatic nitrogens is 4. The molecule has 10 nitrogen and oxygen atoms in total. The van der Waals surface area contributed by atoms with Gasteiger partial charge in [0.05, 0.1) is 19.8 Å². The molecule has 33 heavy (non-hydrogen) atoms.